The van der Waals surface area contributed by atoms with Crippen LogP contribution in [0.3, 0.4) is 0 Å². The molecule has 1 nitrogen and oxygen atoms in total. The van der Waals surface area contributed by atoms with Crippen molar-refractivity contribution in [2.24, 2.45) is 7.05 Å². The van der Waals surface area contributed by atoms with Gasteiger partial charge in [-0.15, -0.1) is 11.6 Å². The lowest BCUT2D eigenvalue weighted by molar-refractivity contribution is 0.625. The summed E-state index contributed by atoms with van der Waals surface area (Å²) < 4.78 is 2.10. The summed E-state index contributed by atoms with van der Waals surface area (Å²) in [5.74, 6) is 1.46. The van der Waals surface area contributed by atoms with Crippen LogP contribution in [-0.4, -0.2) is 10.4 Å². The molecule has 1 aromatic rings. The maximum atomic E-state index is 5.63. The maximum Gasteiger partial charge on any atom is 0.0223 e. The van der Waals surface area contributed by atoms with Gasteiger partial charge in [0.15, 0.2) is 0 Å². The Balaban J connectivity index is 2.35. The topological polar surface area (TPSA) is 4.93 Å². The molecule has 0 aliphatic heterocycles. The number of hydrogen-bond acceptors (Lipinski definition) is 0. The van der Waals surface area contributed by atoms with Crippen molar-refractivity contribution in [3.8, 4) is 0 Å². The zero-order chi connectivity index (χ0) is 9.68. The molecule has 0 bridgehead atoms. The highest BCUT2D eigenvalue weighted by atomic mass is 35.5. The van der Waals surface area contributed by atoms with Crippen molar-refractivity contribution in [1.82, 2.24) is 4.57 Å². The second kappa shape index (κ2) is 5.33. The third kappa shape index (κ3) is 3.43. The van der Waals surface area contributed by atoms with E-state index in [2.05, 4.69) is 37.0 Å². The zero-order valence-corrected chi connectivity index (χ0v) is 9.22. The number of aryl methyl sites for hydroxylation is 1. The first-order valence-corrected chi connectivity index (χ1v) is 5.45. The van der Waals surface area contributed by atoms with Gasteiger partial charge in [-0.25, -0.2) is 0 Å². The van der Waals surface area contributed by atoms with Crippen molar-refractivity contribution in [3.05, 3.63) is 24.0 Å². The fourth-order valence-electron chi connectivity index (χ4n) is 1.53. The van der Waals surface area contributed by atoms with Crippen molar-refractivity contribution < 1.29 is 0 Å². The predicted molar refractivity (Wildman–Crippen MR) is 58.4 cm³/mol. The molecule has 0 spiro atoms. The third-order valence-electron chi connectivity index (χ3n) is 2.44. The minimum absolute atomic E-state index is 0.671. The van der Waals surface area contributed by atoms with E-state index in [9.17, 15) is 0 Å². The van der Waals surface area contributed by atoms with Crippen molar-refractivity contribution in [2.45, 2.75) is 32.1 Å². The van der Waals surface area contributed by atoms with Gasteiger partial charge in [0.2, 0.25) is 0 Å². The summed E-state index contributed by atoms with van der Waals surface area (Å²) in [5, 5.41) is 0. The molecule has 0 aliphatic carbocycles. The van der Waals surface area contributed by atoms with E-state index >= 15 is 0 Å². The molecule has 0 aliphatic rings. The van der Waals surface area contributed by atoms with Crippen molar-refractivity contribution >= 4 is 11.6 Å². The lowest BCUT2D eigenvalue weighted by atomic mass is 9.98. The molecule has 1 atom stereocenters. The van der Waals surface area contributed by atoms with Crippen LogP contribution in [-0.2, 0) is 7.05 Å². The monoisotopic (exact) mass is 199 g/mol. The van der Waals surface area contributed by atoms with Crippen LogP contribution in [0.25, 0.3) is 0 Å². The lowest BCUT2D eigenvalue weighted by Gasteiger charge is -2.08. The fraction of sp³-hybridized carbons (Fsp3) is 0.636. The van der Waals surface area contributed by atoms with Crippen molar-refractivity contribution in [1.29, 1.82) is 0 Å². The van der Waals surface area contributed by atoms with Gasteiger partial charge in [-0.2, -0.15) is 0 Å². The molecule has 0 amide bonds. The summed E-state index contributed by atoms with van der Waals surface area (Å²) in [6.07, 6.45) is 7.92. The van der Waals surface area contributed by atoms with E-state index in [1.54, 1.807) is 0 Å². The highest BCUT2D eigenvalue weighted by Gasteiger charge is 2.05. The molecule has 0 saturated carbocycles. The molecular formula is C11H18ClN. The van der Waals surface area contributed by atoms with Crippen LogP contribution < -0.4 is 0 Å². The Morgan fingerprint density at radius 2 is 2.23 bits per heavy atom. The largest absolute Gasteiger partial charge is 0.357 e. The lowest BCUT2D eigenvalue weighted by Crippen LogP contribution is -1.92. The van der Waals surface area contributed by atoms with Crippen LogP contribution in [0.2, 0.25) is 0 Å². The molecule has 74 valence electrons. The second-order valence-electron chi connectivity index (χ2n) is 3.70. The highest BCUT2D eigenvalue weighted by molar-refractivity contribution is 6.17. The van der Waals surface area contributed by atoms with Crippen LogP contribution in [0.5, 0.6) is 0 Å². The number of nitrogens with zero attached hydrogens (tertiary/aromatic N) is 1. The Morgan fingerprint density at radius 3 is 2.77 bits per heavy atom. The Morgan fingerprint density at radius 1 is 1.46 bits per heavy atom. The standard InChI is InChI=1S/C11H18ClN/c1-10(5-3-4-7-12)11-6-8-13(2)9-11/h6,8-10H,3-5,7H2,1-2H3/t10-/m1/s1. The minimum atomic E-state index is 0.671. The van der Waals surface area contributed by atoms with Crippen LogP contribution >= 0.6 is 11.6 Å². The van der Waals surface area contributed by atoms with Crippen LogP contribution in [0, 0.1) is 0 Å². The summed E-state index contributed by atoms with van der Waals surface area (Å²) in [7, 11) is 2.06. The molecule has 0 fully saturated rings. The van der Waals surface area contributed by atoms with E-state index in [4.69, 9.17) is 11.6 Å². The van der Waals surface area contributed by atoms with Crippen molar-refractivity contribution in [3.63, 3.8) is 0 Å². The quantitative estimate of drug-likeness (QED) is 0.505. The van der Waals surface area contributed by atoms with E-state index in [1.807, 2.05) is 0 Å². The number of rotatable bonds is 5. The molecule has 1 aromatic heterocycles. The number of halogens is 1. The summed E-state index contributed by atoms with van der Waals surface area (Å²) in [4.78, 5) is 0. The van der Waals surface area contributed by atoms with Crippen LogP contribution in [0.1, 0.15) is 37.7 Å². The maximum absolute atomic E-state index is 5.63. The van der Waals surface area contributed by atoms with Gasteiger partial charge in [0, 0.05) is 25.3 Å². The molecular weight excluding hydrogens is 182 g/mol. The van der Waals surface area contributed by atoms with E-state index in [0.29, 0.717) is 5.92 Å². The Bertz CT molecular complexity index is 242. The smallest absolute Gasteiger partial charge is 0.0223 e. The number of aromatic nitrogens is 1. The number of hydrogen-bond donors (Lipinski definition) is 0. The summed E-state index contributed by atoms with van der Waals surface area (Å²) >= 11 is 5.63. The molecule has 0 radical (unpaired) electrons. The summed E-state index contributed by atoms with van der Waals surface area (Å²) in [6.45, 7) is 2.28. The van der Waals surface area contributed by atoms with Gasteiger partial charge in [0.25, 0.3) is 0 Å². The predicted octanol–water partition coefficient (Wildman–Crippen LogP) is 3.54. The van der Waals surface area contributed by atoms with E-state index in [1.165, 1.54) is 18.4 Å². The van der Waals surface area contributed by atoms with E-state index in [0.717, 1.165) is 12.3 Å². The number of unbranched alkanes of at least 4 members (excludes halogenated alkanes) is 1. The average molecular weight is 200 g/mol. The van der Waals surface area contributed by atoms with Gasteiger partial charge < -0.3 is 4.57 Å². The molecule has 0 aromatic carbocycles. The van der Waals surface area contributed by atoms with Crippen molar-refractivity contribution in [2.75, 3.05) is 5.88 Å². The SMILES string of the molecule is C[C@H](CCCCCl)c1ccn(C)c1. The van der Waals surface area contributed by atoms with E-state index in [-0.39, 0.29) is 0 Å². The van der Waals surface area contributed by atoms with Gasteiger partial charge in [-0.1, -0.05) is 13.3 Å². The Kier molecular flexibility index (Phi) is 4.37. The normalized spacial score (nSPS) is 13.2. The first kappa shape index (κ1) is 10.6. The first-order chi connectivity index (χ1) is 6.24. The Labute approximate surface area is 85.7 Å². The third-order valence-corrected chi connectivity index (χ3v) is 2.71. The average Bonchev–Trinajstić information content (AvgIpc) is 2.52. The molecule has 13 heavy (non-hydrogen) atoms. The molecule has 0 unspecified atom stereocenters. The van der Waals surface area contributed by atoms with Crippen LogP contribution in [0.4, 0.5) is 0 Å². The van der Waals surface area contributed by atoms with Gasteiger partial charge >= 0.3 is 0 Å². The number of alkyl halides is 1. The highest BCUT2D eigenvalue weighted by Crippen LogP contribution is 2.21. The van der Waals surface area contributed by atoms with Gasteiger partial charge in [0.1, 0.15) is 0 Å². The summed E-state index contributed by atoms with van der Waals surface area (Å²) in [6, 6.07) is 2.20. The second-order valence-corrected chi connectivity index (χ2v) is 4.07. The molecule has 1 heterocycles. The van der Waals surface area contributed by atoms with Gasteiger partial charge in [-0.3, -0.25) is 0 Å². The van der Waals surface area contributed by atoms with E-state index < -0.39 is 0 Å². The first-order valence-electron chi connectivity index (χ1n) is 4.92. The van der Waals surface area contributed by atoms with Crippen LogP contribution in [0.15, 0.2) is 18.5 Å². The molecule has 1 rings (SSSR count). The molecule has 0 saturated heterocycles. The summed E-state index contributed by atoms with van der Waals surface area (Å²) in [5.41, 5.74) is 1.44. The van der Waals surface area contributed by atoms with Gasteiger partial charge in [-0.05, 0) is 30.4 Å². The minimum Gasteiger partial charge on any atom is -0.357 e. The Hall–Kier alpha value is -0.430. The fourth-order valence-corrected chi connectivity index (χ4v) is 1.72. The molecule has 0 N–H and O–H groups in total. The zero-order valence-electron chi connectivity index (χ0n) is 8.46. The van der Waals surface area contributed by atoms with Gasteiger partial charge in [0.05, 0.1) is 0 Å². The molecule has 2 heteroatoms.